The van der Waals surface area contributed by atoms with Crippen LogP contribution in [0.2, 0.25) is 0 Å². The topological polar surface area (TPSA) is 68.0 Å². The number of carbonyl (C=O) groups excluding carboxylic acids is 1. The van der Waals surface area contributed by atoms with Crippen LogP contribution in [0.1, 0.15) is 16.2 Å². The Balaban J connectivity index is 2.09. The zero-order valence-electron chi connectivity index (χ0n) is 8.78. The van der Waals surface area contributed by atoms with E-state index in [0.29, 0.717) is 12.1 Å². The minimum absolute atomic E-state index is 0.0735. The van der Waals surface area contributed by atoms with Crippen molar-refractivity contribution in [3.8, 4) is 0 Å². The summed E-state index contributed by atoms with van der Waals surface area (Å²) < 4.78 is 42.9. The molecule has 0 saturated heterocycles. The maximum atomic E-state index is 12.9. The smallest absolute Gasteiger partial charge is 0.251 e. The molecule has 0 saturated carbocycles. The first kappa shape index (κ1) is 12.1. The first-order valence-corrected chi connectivity index (χ1v) is 4.76. The van der Waals surface area contributed by atoms with E-state index in [1.807, 2.05) is 0 Å². The van der Waals surface area contributed by atoms with Crippen molar-refractivity contribution in [1.82, 2.24) is 15.5 Å². The molecule has 0 aliphatic heterocycles. The highest BCUT2D eigenvalue weighted by molar-refractivity contribution is 5.94. The van der Waals surface area contributed by atoms with E-state index < -0.39 is 23.4 Å². The number of benzene rings is 1. The summed E-state index contributed by atoms with van der Waals surface area (Å²) in [6.07, 6.45) is 1.07. The second-order valence-corrected chi connectivity index (χ2v) is 3.28. The Morgan fingerprint density at radius 1 is 1.28 bits per heavy atom. The lowest BCUT2D eigenvalue weighted by Crippen LogP contribution is -2.23. The van der Waals surface area contributed by atoms with Crippen molar-refractivity contribution in [2.75, 3.05) is 0 Å². The summed E-state index contributed by atoms with van der Waals surface area (Å²) in [5, 5.41) is 5.72. The van der Waals surface area contributed by atoms with Crippen LogP contribution < -0.4 is 5.32 Å². The summed E-state index contributed by atoms with van der Waals surface area (Å²) in [6.45, 7) is -0.0735. The van der Waals surface area contributed by atoms with Crippen molar-refractivity contribution in [2.24, 2.45) is 0 Å². The van der Waals surface area contributed by atoms with Crippen molar-refractivity contribution in [2.45, 2.75) is 6.54 Å². The second-order valence-electron chi connectivity index (χ2n) is 3.28. The third-order valence-electron chi connectivity index (χ3n) is 2.06. The number of hydrogen-bond acceptors (Lipinski definition) is 4. The SMILES string of the molecule is O=C(NCc1ncon1)c1cc(F)c(F)c(F)c1. The van der Waals surface area contributed by atoms with Gasteiger partial charge in [0.15, 0.2) is 23.3 Å². The Hall–Kier alpha value is -2.38. The standard InChI is InChI=1S/C10H6F3N3O2/c11-6-1-5(2-7(12)9(6)13)10(17)14-3-8-15-4-18-16-8/h1-2,4H,3H2,(H,14,17). The summed E-state index contributed by atoms with van der Waals surface area (Å²) in [5.74, 6) is -5.06. The summed E-state index contributed by atoms with van der Waals surface area (Å²) in [4.78, 5) is 15.1. The average molecular weight is 257 g/mol. The maximum Gasteiger partial charge on any atom is 0.251 e. The van der Waals surface area contributed by atoms with Gasteiger partial charge in [-0.05, 0) is 12.1 Å². The van der Waals surface area contributed by atoms with E-state index in [4.69, 9.17) is 0 Å². The minimum Gasteiger partial charge on any atom is -0.345 e. The molecule has 0 atom stereocenters. The third kappa shape index (κ3) is 2.47. The highest BCUT2D eigenvalue weighted by atomic mass is 19.2. The molecule has 8 heteroatoms. The molecule has 0 unspecified atom stereocenters. The summed E-state index contributed by atoms with van der Waals surface area (Å²) >= 11 is 0. The molecule has 1 heterocycles. The predicted molar refractivity (Wildman–Crippen MR) is 51.8 cm³/mol. The van der Waals surface area contributed by atoms with Gasteiger partial charge in [-0.3, -0.25) is 4.79 Å². The van der Waals surface area contributed by atoms with Crippen LogP contribution in [0.15, 0.2) is 23.0 Å². The van der Waals surface area contributed by atoms with Crippen molar-refractivity contribution in [1.29, 1.82) is 0 Å². The fraction of sp³-hybridized carbons (Fsp3) is 0.100. The zero-order valence-corrected chi connectivity index (χ0v) is 8.78. The van der Waals surface area contributed by atoms with E-state index in [9.17, 15) is 18.0 Å². The molecule has 0 aliphatic carbocycles. The Morgan fingerprint density at radius 2 is 1.94 bits per heavy atom. The Morgan fingerprint density at radius 3 is 2.50 bits per heavy atom. The van der Waals surface area contributed by atoms with Gasteiger partial charge in [0.05, 0.1) is 6.54 Å². The van der Waals surface area contributed by atoms with Gasteiger partial charge in [-0.1, -0.05) is 5.16 Å². The molecular formula is C10H6F3N3O2. The van der Waals surface area contributed by atoms with Crippen molar-refractivity contribution >= 4 is 5.91 Å². The highest BCUT2D eigenvalue weighted by Gasteiger charge is 2.15. The molecule has 0 fully saturated rings. The van der Waals surface area contributed by atoms with Gasteiger partial charge in [0.2, 0.25) is 6.39 Å². The molecule has 0 radical (unpaired) electrons. The van der Waals surface area contributed by atoms with E-state index >= 15 is 0 Å². The van der Waals surface area contributed by atoms with Crippen molar-refractivity contribution < 1.29 is 22.5 Å². The first-order chi connectivity index (χ1) is 8.58. The molecule has 1 aromatic heterocycles. The quantitative estimate of drug-likeness (QED) is 0.844. The van der Waals surface area contributed by atoms with Gasteiger partial charge in [0.25, 0.3) is 5.91 Å². The second kappa shape index (κ2) is 4.86. The maximum absolute atomic E-state index is 12.9. The van der Waals surface area contributed by atoms with Crippen molar-refractivity contribution in [3.63, 3.8) is 0 Å². The van der Waals surface area contributed by atoms with Gasteiger partial charge in [-0.15, -0.1) is 0 Å². The number of amides is 1. The Kier molecular flexibility index (Phi) is 3.26. The lowest BCUT2D eigenvalue weighted by atomic mass is 10.2. The summed E-state index contributed by atoms with van der Waals surface area (Å²) in [6, 6.07) is 1.20. The highest BCUT2D eigenvalue weighted by Crippen LogP contribution is 2.13. The molecule has 1 N–H and O–H groups in total. The largest absolute Gasteiger partial charge is 0.345 e. The molecule has 1 amide bonds. The van der Waals surface area contributed by atoms with Crippen LogP contribution in [0.4, 0.5) is 13.2 Å². The lowest BCUT2D eigenvalue weighted by Gasteiger charge is -2.03. The van der Waals surface area contributed by atoms with Crippen LogP contribution in [-0.4, -0.2) is 16.0 Å². The lowest BCUT2D eigenvalue weighted by molar-refractivity contribution is 0.0948. The van der Waals surface area contributed by atoms with Gasteiger partial charge < -0.3 is 9.84 Å². The molecule has 2 aromatic rings. The van der Waals surface area contributed by atoms with Crippen LogP contribution in [0, 0.1) is 17.5 Å². The fourth-order valence-corrected chi connectivity index (χ4v) is 1.22. The van der Waals surface area contributed by atoms with Gasteiger partial charge in [-0.25, -0.2) is 13.2 Å². The predicted octanol–water partition coefficient (Wildman–Crippen LogP) is 1.42. The van der Waals surface area contributed by atoms with Gasteiger partial charge in [0, 0.05) is 5.56 Å². The zero-order chi connectivity index (χ0) is 13.1. The summed E-state index contributed by atoms with van der Waals surface area (Å²) in [5.41, 5.74) is -0.338. The number of nitrogens with zero attached hydrogens (tertiary/aromatic N) is 2. The molecule has 2 rings (SSSR count). The third-order valence-corrected chi connectivity index (χ3v) is 2.06. The number of carbonyl (C=O) groups is 1. The van der Waals surface area contributed by atoms with E-state index in [-0.39, 0.29) is 17.9 Å². The van der Waals surface area contributed by atoms with Crippen LogP contribution >= 0.6 is 0 Å². The van der Waals surface area contributed by atoms with Gasteiger partial charge in [-0.2, -0.15) is 4.98 Å². The molecule has 94 valence electrons. The number of aromatic nitrogens is 2. The number of hydrogen-bond donors (Lipinski definition) is 1. The van der Waals surface area contributed by atoms with Gasteiger partial charge in [0.1, 0.15) is 0 Å². The Labute approximate surface area is 98.6 Å². The van der Waals surface area contributed by atoms with Crippen LogP contribution in [0.5, 0.6) is 0 Å². The van der Waals surface area contributed by atoms with E-state index in [0.717, 1.165) is 6.39 Å². The Bertz CT molecular complexity index is 549. The van der Waals surface area contributed by atoms with Crippen LogP contribution in [0.25, 0.3) is 0 Å². The molecule has 1 aromatic carbocycles. The fourth-order valence-electron chi connectivity index (χ4n) is 1.22. The molecular weight excluding hydrogens is 251 g/mol. The van der Waals surface area contributed by atoms with Gasteiger partial charge >= 0.3 is 0 Å². The van der Waals surface area contributed by atoms with Crippen LogP contribution in [0.3, 0.4) is 0 Å². The average Bonchev–Trinajstić information content (AvgIpc) is 2.85. The number of halogens is 3. The monoisotopic (exact) mass is 257 g/mol. The normalized spacial score (nSPS) is 10.4. The summed E-state index contributed by atoms with van der Waals surface area (Å²) in [7, 11) is 0. The molecule has 0 bridgehead atoms. The first-order valence-electron chi connectivity index (χ1n) is 4.76. The molecule has 18 heavy (non-hydrogen) atoms. The molecule has 0 spiro atoms. The van der Waals surface area contributed by atoms with E-state index in [1.54, 1.807) is 0 Å². The van der Waals surface area contributed by atoms with E-state index in [2.05, 4.69) is 20.0 Å². The van der Waals surface area contributed by atoms with E-state index in [1.165, 1.54) is 0 Å². The molecule has 5 nitrogen and oxygen atoms in total. The minimum atomic E-state index is -1.62. The number of rotatable bonds is 3. The number of nitrogens with one attached hydrogen (secondary N) is 1. The van der Waals surface area contributed by atoms with Crippen LogP contribution in [-0.2, 0) is 6.54 Å². The van der Waals surface area contributed by atoms with Crippen molar-refractivity contribution in [3.05, 3.63) is 47.4 Å². The molecule has 0 aliphatic rings.